The molecule has 1 atom stereocenters. The fraction of sp³-hybridized carbons (Fsp3) is 0.526. The SMILES string of the molecule is Cc1cccc(C)c1-c1cc2nc(n1)NS(=O)(=O)c1cccc(c1)C(=O)N([C@H]1CC3(C[C@H](NC(=O)OC(C)(C)C)C3)C1)[C@H](CC1(C(F)(F)F)CC1)CO2. The van der Waals surface area contributed by atoms with E-state index in [2.05, 4.69) is 20.0 Å². The lowest BCUT2D eigenvalue weighted by atomic mass is 9.51. The number of carbonyl (C=O) groups excluding carboxylic acids is 2. The van der Waals surface area contributed by atoms with E-state index in [9.17, 15) is 31.2 Å². The Morgan fingerprint density at radius 3 is 2.30 bits per heavy atom. The van der Waals surface area contributed by atoms with E-state index in [0.717, 1.165) is 16.7 Å². The predicted octanol–water partition coefficient (Wildman–Crippen LogP) is 7.33. The second-order valence-electron chi connectivity index (χ2n) is 16.3. The maximum absolute atomic E-state index is 14.6. The van der Waals surface area contributed by atoms with Gasteiger partial charge in [-0.05, 0) is 114 Å². The first kappa shape index (κ1) is 36.9. The minimum atomic E-state index is -4.49. The molecule has 3 fully saturated rings. The van der Waals surface area contributed by atoms with Gasteiger partial charge in [0.05, 0.1) is 22.0 Å². The number of hydrogen-bond donors (Lipinski definition) is 2. The molecule has 2 aromatic carbocycles. The fourth-order valence-corrected chi connectivity index (χ4v) is 9.29. The Kier molecular flexibility index (Phi) is 8.97. The Balaban J connectivity index is 1.25. The summed E-state index contributed by atoms with van der Waals surface area (Å²) < 4.78 is 85.2. The van der Waals surface area contributed by atoms with E-state index in [4.69, 9.17) is 9.47 Å². The number of alkyl halides is 3. The van der Waals surface area contributed by atoms with Crippen LogP contribution in [0.3, 0.4) is 0 Å². The number of aromatic nitrogens is 2. The van der Waals surface area contributed by atoms with Crippen LogP contribution in [-0.2, 0) is 14.8 Å². The lowest BCUT2D eigenvalue weighted by molar-refractivity contribution is -0.194. The van der Waals surface area contributed by atoms with Crippen molar-refractivity contribution in [2.24, 2.45) is 10.8 Å². The van der Waals surface area contributed by atoms with Gasteiger partial charge in [-0.25, -0.2) is 22.9 Å². The number of rotatable bonds is 5. The highest BCUT2D eigenvalue weighted by Gasteiger charge is 2.65. The topological polar surface area (TPSA) is 140 Å². The largest absolute Gasteiger partial charge is 0.475 e. The van der Waals surface area contributed by atoms with Gasteiger partial charge in [0, 0.05) is 29.3 Å². The monoisotopic (exact) mass is 755 g/mol. The molecule has 4 aliphatic rings. The van der Waals surface area contributed by atoms with Gasteiger partial charge in [-0.1, -0.05) is 24.3 Å². The summed E-state index contributed by atoms with van der Waals surface area (Å²) in [4.78, 5) is 37.1. The van der Waals surface area contributed by atoms with E-state index in [0.29, 0.717) is 31.4 Å². The predicted molar refractivity (Wildman–Crippen MR) is 190 cm³/mol. The second kappa shape index (κ2) is 12.9. The molecule has 7 rings (SSSR count). The standard InChI is InChI=1S/C38H44F3N5O6S/c1-22-8-6-9-23(2)31(22)29-15-30-44-33(43-29)45-53(49,50)28-11-7-10-24(14-28)32(47)46(27(21-51-30)20-37(12-13-37)38(39,40)41)26-18-36(19-26)16-25(17-36)42-34(48)52-35(3,4)5/h6-11,14-15,25-27H,12-13,16-21H2,1-5H3,(H,42,48)(H,43,44,45)/t25-,26-,27-,36?/m1/s1. The molecule has 0 saturated heterocycles. The summed E-state index contributed by atoms with van der Waals surface area (Å²) >= 11 is 0. The van der Waals surface area contributed by atoms with Gasteiger partial charge >= 0.3 is 12.3 Å². The highest BCUT2D eigenvalue weighted by atomic mass is 32.2. The maximum atomic E-state index is 14.6. The second-order valence-corrected chi connectivity index (χ2v) is 18.0. The number of ether oxygens (including phenoxy) is 2. The van der Waals surface area contributed by atoms with E-state index in [1.165, 1.54) is 35.2 Å². The Hall–Kier alpha value is -4.40. The average molecular weight is 756 g/mol. The lowest BCUT2D eigenvalue weighted by Crippen LogP contribution is -2.64. The van der Waals surface area contributed by atoms with Crippen LogP contribution in [0.5, 0.6) is 5.88 Å². The number of nitrogens with zero attached hydrogens (tertiary/aromatic N) is 3. The Labute approximate surface area is 307 Å². The first-order chi connectivity index (χ1) is 24.8. The van der Waals surface area contributed by atoms with Gasteiger partial charge in [0.25, 0.3) is 15.9 Å². The third-order valence-electron chi connectivity index (χ3n) is 11.0. The quantitative estimate of drug-likeness (QED) is 0.276. The van der Waals surface area contributed by atoms with Crippen LogP contribution >= 0.6 is 0 Å². The van der Waals surface area contributed by atoms with Crippen LogP contribution in [-0.4, -0.2) is 71.8 Å². The fourth-order valence-electron chi connectivity index (χ4n) is 8.30. The summed E-state index contributed by atoms with van der Waals surface area (Å²) in [5, 5.41) is 2.89. The van der Waals surface area contributed by atoms with Crippen molar-refractivity contribution < 1.29 is 40.7 Å². The van der Waals surface area contributed by atoms with Crippen LogP contribution in [0.15, 0.2) is 53.4 Å². The average Bonchev–Trinajstić information content (AvgIpc) is 3.81. The van der Waals surface area contributed by atoms with Crippen molar-refractivity contribution in [3.05, 3.63) is 65.2 Å². The number of benzene rings is 2. The highest BCUT2D eigenvalue weighted by molar-refractivity contribution is 7.92. The number of nitrogens with one attached hydrogen (secondary N) is 2. The molecule has 1 aliphatic heterocycles. The number of anilines is 1. The number of aryl methyl sites for hydroxylation is 2. The van der Waals surface area contributed by atoms with Crippen LogP contribution in [0.2, 0.25) is 0 Å². The van der Waals surface area contributed by atoms with E-state index in [1.54, 1.807) is 20.8 Å². The van der Waals surface area contributed by atoms with Gasteiger partial charge in [0.2, 0.25) is 11.8 Å². The molecule has 53 heavy (non-hydrogen) atoms. The molecule has 3 aliphatic carbocycles. The molecular formula is C38H44F3N5O6S. The minimum Gasteiger partial charge on any atom is -0.475 e. The number of sulfonamides is 1. The van der Waals surface area contributed by atoms with Crippen LogP contribution in [0.25, 0.3) is 11.3 Å². The summed E-state index contributed by atoms with van der Waals surface area (Å²) in [6.45, 7) is 8.80. The molecule has 0 unspecified atom stereocenters. The molecule has 3 aromatic rings. The maximum Gasteiger partial charge on any atom is 0.407 e. The molecule has 11 nitrogen and oxygen atoms in total. The summed E-state index contributed by atoms with van der Waals surface area (Å²) in [6.07, 6.45) is -3.21. The number of fused-ring (bicyclic) bond motifs is 4. The third-order valence-corrected chi connectivity index (χ3v) is 12.3. The molecule has 2 amide bonds. The van der Waals surface area contributed by atoms with Gasteiger partial charge in [-0.3, -0.25) is 4.79 Å². The van der Waals surface area contributed by atoms with Crippen LogP contribution in [0.4, 0.5) is 23.9 Å². The first-order valence-corrected chi connectivity index (χ1v) is 19.3. The highest BCUT2D eigenvalue weighted by Crippen LogP contribution is 2.62. The zero-order valence-electron chi connectivity index (χ0n) is 30.3. The van der Waals surface area contributed by atoms with Crippen molar-refractivity contribution in [1.29, 1.82) is 0 Å². The van der Waals surface area contributed by atoms with Crippen molar-refractivity contribution in [2.75, 3.05) is 11.3 Å². The summed E-state index contributed by atoms with van der Waals surface area (Å²) in [5.74, 6) is -0.904. The number of hydrogen-bond acceptors (Lipinski definition) is 8. The molecule has 1 aromatic heterocycles. The zero-order valence-corrected chi connectivity index (χ0v) is 31.2. The van der Waals surface area contributed by atoms with Crippen LogP contribution < -0.4 is 14.8 Å². The van der Waals surface area contributed by atoms with Crippen molar-refractivity contribution in [3.8, 4) is 17.1 Å². The van der Waals surface area contributed by atoms with E-state index < -0.39 is 51.3 Å². The lowest BCUT2D eigenvalue weighted by Gasteiger charge is -2.60. The van der Waals surface area contributed by atoms with Crippen molar-refractivity contribution in [1.82, 2.24) is 20.2 Å². The summed E-state index contributed by atoms with van der Waals surface area (Å²) in [5.41, 5.74) is 0.0272. The smallest absolute Gasteiger partial charge is 0.407 e. The number of carbonyl (C=O) groups is 2. The van der Waals surface area contributed by atoms with E-state index in [1.807, 2.05) is 32.0 Å². The van der Waals surface area contributed by atoms with Gasteiger partial charge in [-0.2, -0.15) is 18.2 Å². The molecule has 0 radical (unpaired) electrons. The molecule has 2 N–H and O–H groups in total. The van der Waals surface area contributed by atoms with Crippen molar-refractivity contribution in [3.63, 3.8) is 0 Å². The molecule has 4 bridgehead atoms. The Morgan fingerprint density at radius 2 is 1.68 bits per heavy atom. The zero-order chi connectivity index (χ0) is 38.1. The third kappa shape index (κ3) is 7.41. The normalized spacial score (nSPS) is 26.0. The number of amides is 2. The molecule has 284 valence electrons. The number of alkyl carbamates (subject to hydrolysis) is 1. The first-order valence-electron chi connectivity index (χ1n) is 17.9. The van der Waals surface area contributed by atoms with Crippen molar-refractivity contribution in [2.45, 2.75) is 114 Å². The summed E-state index contributed by atoms with van der Waals surface area (Å²) in [7, 11) is -4.32. The van der Waals surface area contributed by atoms with Crippen LogP contribution in [0, 0.1) is 24.7 Å². The van der Waals surface area contributed by atoms with Gasteiger partial charge in [-0.15, -0.1) is 0 Å². The Morgan fingerprint density at radius 1 is 1.02 bits per heavy atom. The molecule has 3 saturated carbocycles. The minimum absolute atomic E-state index is 0.0249. The molecule has 15 heteroatoms. The molecule has 1 spiro atoms. The van der Waals surface area contributed by atoms with E-state index >= 15 is 0 Å². The number of halogens is 3. The van der Waals surface area contributed by atoms with Crippen LogP contribution in [0.1, 0.15) is 87.2 Å². The summed E-state index contributed by atoms with van der Waals surface area (Å²) in [6, 6.07) is 11.1. The van der Waals surface area contributed by atoms with Gasteiger partial charge < -0.3 is 19.7 Å². The molecular weight excluding hydrogens is 712 g/mol. The Bertz CT molecular complexity index is 2030. The van der Waals surface area contributed by atoms with Gasteiger partial charge in [0.15, 0.2) is 0 Å². The van der Waals surface area contributed by atoms with E-state index in [-0.39, 0.29) is 59.6 Å². The molecule has 2 heterocycles. The van der Waals surface area contributed by atoms with Crippen molar-refractivity contribution >= 4 is 28.0 Å². The van der Waals surface area contributed by atoms with Gasteiger partial charge in [0.1, 0.15) is 12.2 Å².